The Kier molecular flexibility index (Phi) is 3.89. The molecular weight excluding hydrogens is 312 g/mol. The average Bonchev–Trinajstić information content (AvgIpc) is 2.38. The van der Waals surface area contributed by atoms with Crippen molar-refractivity contribution in [2.24, 2.45) is 10.3 Å². The van der Waals surface area contributed by atoms with Crippen LogP contribution in [0.25, 0.3) is 0 Å². The topological polar surface area (TPSA) is 120 Å². The summed E-state index contributed by atoms with van der Waals surface area (Å²) in [5, 5.41) is 10.6. The molecule has 0 aliphatic carbocycles. The number of hydrogen-bond donors (Lipinski definition) is 2. The number of benzene rings is 2. The van der Waals surface area contributed by atoms with Crippen molar-refractivity contribution in [2.45, 2.75) is 4.08 Å². The minimum atomic E-state index is -4.60. The largest absolute Gasteiger partial charge is 0.250 e. The molecule has 0 bridgehead atoms. The number of primary sulfonamides is 2. The average molecular weight is 326 g/mol. The van der Waals surface area contributed by atoms with Crippen LogP contribution in [0.2, 0.25) is 0 Å². The molecule has 21 heavy (non-hydrogen) atoms. The van der Waals surface area contributed by atoms with Crippen LogP contribution < -0.4 is 10.3 Å². The molecule has 0 spiro atoms. The quantitative estimate of drug-likeness (QED) is 0.848. The number of hydrogen-bond acceptors (Lipinski definition) is 4. The van der Waals surface area contributed by atoms with Gasteiger partial charge in [-0.3, -0.25) is 0 Å². The third-order valence-corrected chi connectivity index (χ3v) is 7.05. The van der Waals surface area contributed by atoms with Crippen LogP contribution in [0, 0.1) is 0 Å². The second kappa shape index (κ2) is 5.23. The maximum absolute atomic E-state index is 12.2. The van der Waals surface area contributed by atoms with Gasteiger partial charge in [0.05, 0.1) is 0 Å². The molecule has 112 valence electrons. The molecule has 0 aliphatic rings. The summed E-state index contributed by atoms with van der Waals surface area (Å²) < 4.78 is 46.3. The lowest BCUT2D eigenvalue weighted by Crippen LogP contribution is -2.51. The summed E-state index contributed by atoms with van der Waals surface area (Å²) >= 11 is 0. The molecule has 0 fully saturated rings. The van der Waals surface area contributed by atoms with Gasteiger partial charge in [0.15, 0.2) is 0 Å². The molecule has 0 atom stereocenters. The molecule has 0 aromatic heterocycles. The van der Waals surface area contributed by atoms with E-state index in [1.807, 2.05) is 0 Å². The van der Waals surface area contributed by atoms with Gasteiger partial charge >= 0.3 is 0 Å². The van der Waals surface area contributed by atoms with Crippen LogP contribution in [0.5, 0.6) is 0 Å². The Morgan fingerprint density at radius 2 is 0.905 bits per heavy atom. The van der Waals surface area contributed by atoms with Crippen molar-refractivity contribution in [3.8, 4) is 0 Å². The Hall–Kier alpha value is -1.74. The van der Waals surface area contributed by atoms with E-state index >= 15 is 0 Å². The van der Waals surface area contributed by atoms with Gasteiger partial charge in [-0.05, 0) is 11.1 Å². The molecule has 0 amide bonds. The maximum atomic E-state index is 12.2. The first-order valence-corrected chi connectivity index (χ1v) is 8.96. The third kappa shape index (κ3) is 2.46. The van der Waals surface area contributed by atoms with Crippen molar-refractivity contribution in [2.75, 3.05) is 0 Å². The highest BCUT2D eigenvalue weighted by Crippen LogP contribution is 2.39. The van der Waals surface area contributed by atoms with Gasteiger partial charge in [0.25, 0.3) is 0 Å². The Labute approximate surface area is 123 Å². The Balaban J connectivity index is 3.02. The van der Waals surface area contributed by atoms with Crippen molar-refractivity contribution in [1.82, 2.24) is 0 Å². The van der Waals surface area contributed by atoms with E-state index in [4.69, 9.17) is 10.3 Å². The zero-order chi connectivity index (χ0) is 15.7. The van der Waals surface area contributed by atoms with Crippen molar-refractivity contribution in [1.29, 1.82) is 0 Å². The van der Waals surface area contributed by atoms with E-state index in [-0.39, 0.29) is 11.1 Å². The van der Waals surface area contributed by atoms with E-state index in [2.05, 4.69) is 0 Å². The van der Waals surface area contributed by atoms with Gasteiger partial charge in [0.2, 0.25) is 24.1 Å². The summed E-state index contributed by atoms with van der Waals surface area (Å²) in [7, 11) is -9.21. The van der Waals surface area contributed by atoms with Crippen molar-refractivity contribution >= 4 is 20.0 Å². The molecule has 0 saturated heterocycles. The Bertz CT molecular complexity index is 759. The summed E-state index contributed by atoms with van der Waals surface area (Å²) in [6, 6.07) is 14.8. The fraction of sp³-hybridized carbons (Fsp3) is 0.0769. The van der Waals surface area contributed by atoms with Crippen LogP contribution in [-0.2, 0) is 24.1 Å². The van der Waals surface area contributed by atoms with Gasteiger partial charge in [-0.15, -0.1) is 0 Å². The van der Waals surface area contributed by atoms with E-state index in [9.17, 15) is 16.8 Å². The molecule has 2 rings (SSSR count). The molecule has 2 aromatic rings. The lowest BCUT2D eigenvalue weighted by Gasteiger charge is -2.30. The first-order chi connectivity index (χ1) is 9.71. The minimum Gasteiger partial charge on any atom is -0.227 e. The molecular formula is C13H14N2O4S2. The van der Waals surface area contributed by atoms with E-state index < -0.39 is 24.1 Å². The molecule has 6 nitrogen and oxygen atoms in total. The first-order valence-electron chi connectivity index (χ1n) is 5.87. The van der Waals surface area contributed by atoms with E-state index in [0.29, 0.717) is 0 Å². The van der Waals surface area contributed by atoms with E-state index in [0.717, 1.165) is 0 Å². The fourth-order valence-electron chi connectivity index (χ4n) is 2.30. The van der Waals surface area contributed by atoms with Gasteiger partial charge in [-0.25, -0.2) is 27.1 Å². The first kappa shape index (κ1) is 15.6. The zero-order valence-electron chi connectivity index (χ0n) is 10.9. The van der Waals surface area contributed by atoms with E-state index in [1.165, 1.54) is 48.5 Å². The monoisotopic (exact) mass is 326 g/mol. The van der Waals surface area contributed by atoms with Crippen LogP contribution in [-0.4, -0.2) is 16.8 Å². The molecule has 4 N–H and O–H groups in total. The fourth-order valence-corrected chi connectivity index (χ4v) is 5.45. The summed E-state index contributed by atoms with van der Waals surface area (Å²) in [5.74, 6) is 0. The predicted molar refractivity (Wildman–Crippen MR) is 79.9 cm³/mol. The summed E-state index contributed by atoms with van der Waals surface area (Å²) in [5.41, 5.74) is -0.0533. The second-order valence-corrected chi connectivity index (χ2v) is 8.10. The minimum absolute atomic E-state index is 0.0267. The Morgan fingerprint density at radius 3 is 1.14 bits per heavy atom. The summed E-state index contributed by atoms with van der Waals surface area (Å²) in [6.07, 6.45) is 0. The lowest BCUT2D eigenvalue weighted by molar-refractivity contribution is 0.561. The molecule has 0 unspecified atom stereocenters. The SMILES string of the molecule is NS(=O)(=O)C(c1ccccc1)(c1ccccc1)S(N)(=O)=O. The van der Waals surface area contributed by atoms with Gasteiger partial charge in [-0.2, -0.15) is 0 Å². The Morgan fingerprint density at radius 1 is 0.619 bits per heavy atom. The van der Waals surface area contributed by atoms with Gasteiger partial charge in [0.1, 0.15) is 0 Å². The van der Waals surface area contributed by atoms with Crippen LogP contribution in [0.3, 0.4) is 0 Å². The number of sulfonamides is 2. The maximum Gasteiger partial charge on any atom is 0.250 e. The molecule has 8 heteroatoms. The van der Waals surface area contributed by atoms with Crippen molar-refractivity contribution < 1.29 is 16.8 Å². The highest BCUT2D eigenvalue weighted by Gasteiger charge is 2.55. The van der Waals surface area contributed by atoms with Gasteiger partial charge < -0.3 is 0 Å². The molecule has 0 radical (unpaired) electrons. The molecule has 0 heterocycles. The lowest BCUT2D eigenvalue weighted by atomic mass is 10.0. The highest BCUT2D eigenvalue weighted by atomic mass is 32.3. The number of rotatable bonds is 4. The van der Waals surface area contributed by atoms with Gasteiger partial charge in [-0.1, -0.05) is 60.7 Å². The number of nitrogens with two attached hydrogens (primary N) is 2. The third-order valence-electron chi connectivity index (χ3n) is 3.11. The normalized spacial score (nSPS) is 13.0. The van der Waals surface area contributed by atoms with Crippen LogP contribution in [0.15, 0.2) is 60.7 Å². The predicted octanol–water partition coefficient (Wildman–Crippen LogP) is 0.465. The van der Waals surface area contributed by atoms with Crippen LogP contribution in [0.4, 0.5) is 0 Å². The smallest absolute Gasteiger partial charge is 0.227 e. The van der Waals surface area contributed by atoms with Gasteiger partial charge in [0, 0.05) is 0 Å². The summed E-state index contributed by atoms with van der Waals surface area (Å²) in [4.78, 5) is 0. The summed E-state index contributed by atoms with van der Waals surface area (Å²) in [6.45, 7) is 0. The van der Waals surface area contributed by atoms with Crippen molar-refractivity contribution in [3.63, 3.8) is 0 Å². The second-order valence-electron chi connectivity index (χ2n) is 4.44. The van der Waals surface area contributed by atoms with Crippen LogP contribution >= 0.6 is 0 Å². The highest BCUT2D eigenvalue weighted by molar-refractivity contribution is 8.07. The molecule has 0 saturated carbocycles. The molecule has 0 aliphatic heterocycles. The zero-order valence-corrected chi connectivity index (χ0v) is 12.5. The molecule has 2 aromatic carbocycles. The van der Waals surface area contributed by atoms with Crippen LogP contribution in [0.1, 0.15) is 11.1 Å². The van der Waals surface area contributed by atoms with E-state index in [1.54, 1.807) is 12.1 Å². The van der Waals surface area contributed by atoms with Crippen molar-refractivity contribution in [3.05, 3.63) is 71.8 Å². The standard InChI is InChI=1S/C13H14N2O4S2/c14-20(16,17)13(21(15,18)19,11-7-3-1-4-8-11)12-9-5-2-6-10-12/h1-10H,(H2,14,16,17)(H2,15,18,19).